The van der Waals surface area contributed by atoms with Gasteiger partial charge in [0.2, 0.25) is 0 Å². The van der Waals surface area contributed by atoms with Gasteiger partial charge in [-0.1, -0.05) is 27.7 Å². The lowest BCUT2D eigenvalue weighted by molar-refractivity contribution is -0.174. The van der Waals surface area contributed by atoms with Crippen LogP contribution in [0, 0.1) is 11.8 Å². The summed E-state index contributed by atoms with van der Waals surface area (Å²) in [6, 6.07) is 0.529. The number of ketones is 1. The van der Waals surface area contributed by atoms with E-state index in [1.165, 1.54) is 38.5 Å². The van der Waals surface area contributed by atoms with Crippen molar-refractivity contribution in [2.75, 3.05) is 26.2 Å². The fourth-order valence-corrected chi connectivity index (χ4v) is 5.04. The summed E-state index contributed by atoms with van der Waals surface area (Å²) in [6.45, 7) is 12.8. The first kappa shape index (κ1) is 19.3. The summed E-state index contributed by atoms with van der Waals surface area (Å²) < 4.78 is 6.44. The van der Waals surface area contributed by atoms with Gasteiger partial charge in [0, 0.05) is 30.5 Å². The standard InChI is InChI=1S/C21H38N2O2/c1-16(2)19(24)13-18-5-11-23(12-6-18)14-21-9-7-20(8-10-21,15-25-21)22-17(3)4/h16-18,22H,5-15H2,1-4H3. The van der Waals surface area contributed by atoms with E-state index in [9.17, 15) is 4.79 Å². The predicted molar refractivity (Wildman–Crippen MR) is 102 cm³/mol. The molecule has 0 atom stereocenters. The second kappa shape index (κ2) is 7.66. The number of hydrogen-bond donors (Lipinski definition) is 1. The first-order valence-corrected chi connectivity index (χ1v) is 10.5. The predicted octanol–water partition coefficient (Wildman–Crippen LogP) is 3.39. The maximum Gasteiger partial charge on any atom is 0.135 e. The molecule has 1 aliphatic carbocycles. The minimum absolute atomic E-state index is 0.0982. The van der Waals surface area contributed by atoms with Crippen molar-refractivity contribution >= 4 is 5.78 Å². The highest BCUT2D eigenvalue weighted by molar-refractivity contribution is 5.80. The van der Waals surface area contributed by atoms with Gasteiger partial charge < -0.3 is 15.0 Å². The van der Waals surface area contributed by atoms with Crippen molar-refractivity contribution in [2.24, 2.45) is 11.8 Å². The molecule has 0 amide bonds. The molecule has 0 unspecified atom stereocenters. The van der Waals surface area contributed by atoms with Gasteiger partial charge in [0.05, 0.1) is 12.2 Å². The number of likely N-dealkylation sites (tertiary alicyclic amines) is 1. The lowest BCUT2D eigenvalue weighted by Gasteiger charge is -2.55. The quantitative estimate of drug-likeness (QED) is 0.764. The Morgan fingerprint density at radius 2 is 1.76 bits per heavy atom. The number of hydrogen-bond acceptors (Lipinski definition) is 4. The van der Waals surface area contributed by atoms with E-state index in [0.29, 0.717) is 17.7 Å². The summed E-state index contributed by atoms with van der Waals surface area (Å²) >= 11 is 0. The number of nitrogens with zero attached hydrogens (tertiary/aromatic N) is 1. The fraction of sp³-hybridized carbons (Fsp3) is 0.952. The summed E-state index contributed by atoms with van der Waals surface area (Å²) in [5.41, 5.74) is 0.334. The molecule has 4 aliphatic rings. The van der Waals surface area contributed by atoms with Crippen molar-refractivity contribution in [3.63, 3.8) is 0 Å². The molecule has 0 spiro atoms. The van der Waals surface area contributed by atoms with Crippen LogP contribution in [0.15, 0.2) is 0 Å². The monoisotopic (exact) mass is 350 g/mol. The van der Waals surface area contributed by atoms with Crippen LogP contribution in [0.5, 0.6) is 0 Å². The first-order chi connectivity index (χ1) is 11.8. The molecule has 0 aromatic heterocycles. The van der Waals surface area contributed by atoms with E-state index >= 15 is 0 Å². The van der Waals surface area contributed by atoms with Gasteiger partial charge in [-0.25, -0.2) is 0 Å². The molecule has 3 heterocycles. The van der Waals surface area contributed by atoms with E-state index in [4.69, 9.17) is 4.74 Å². The normalized spacial score (nSPS) is 34.2. The van der Waals surface area contributed by atoms with Crippen LogP contribution in [0.3, 0.4) is 0 Å². The number of rotatable bonds is 7. The molecule has 25 heavy (non-hydrogen) atoms. The second-order valence-corrected chi connectivity index (χ2v) is 9.60. The molecule has 0 aromatic carbocycles. The van der Waals surface area contributed by atoms with E-state index in [2.05, 4.69) is 24.1 Å². The summed E-state index contributed by atoms with van der Waals surface area (Å²) in [4.78, 5) is 14.6. The van der Waals surface area contributed by atoms with Gasteiger partial charge in [-0.3, -0.25) is 4.79 Å². The Morgan fingerprint density at radius 3 is 2.24 bits per heavy atom. The Morgan fingerprint density at radius 1 is 1.12 bits per heavy atom. The molecule has 1 saturated carbocycles. The lowest BCUT2D eigenvalue weighted by atomic mass is 9.70. The van der Waals surface area contributed by atoms with Crippen LogP contribution in [0.4, 0.5) is 0 Å². The molecule has 2 bridgehead atoms. The third-order valence-corrected chi connectivity index (χ3v) is 6.72. The summed E-state index contributed by atoms with van der Waals surface area (Å²) in [6.07, 6.45) is 8.03. The fourth-order valence-electron chi connectivity index (χ4n) is 5.04. The highest BCUT2D eigenvalue weighted by Gasteiger charge is 2.50. The zero-order chi connectivity index (χ0) is 18.1. The van der Waals surface area contributed by atoms with E-state index in [1.807, 2.05) is 13.8 Å². The van der Waals surface area contributed by atoms with Gasteiger partial charge in [-0.05, 0) is 57.5 Å². The van der Waals surface area contributed by atoms with Gasteiger partial charge >= 0.3 is 0 Å². The number of carbonyl (C=O) groups excluding carboxylic acids is 1. The molecule has 3 aliphatic heterocycles. The number of ether oxygens (including phenoxy) is 1. The topological polar surface area (TPSA) is 41.6 Å². The van der Waals surface area contributed by atoms with Crippen LogP contribution < -0.4 is 5.32 Å². The van der Waals surface area contributed by atoms with E-state index < -0.39 is 0 Å². The molecule has 1 N–H and O–H groups in total. The number of fused-ring (bicyclic) bond motifs is 3. The summed E-state index contributed by atoms with van der Waals surface area (Å²) in [5, 5.41) is 3.77. The highest BCUT2D eigenvalue weighted by Crippen LogP contribution is 2.44. The first-order valence-electron chi connectivity index (χ1n) is 10.5. The van der Waals surface area contributed by atoms with Gasteiger partial charge in [0.1, 0.15) is 5.78 Å². The molecular weight excluding hydrogens is 312 g/mol. The minimum atomic E-state index is 0.0982. The van der Waals surface area contributed by atoms with Crippen molar-refractivity contribution in [2.45, 2.75) is 89.8 Å². The maximum atomic E-state index is 12.0. The molecular formula is C21H38N2O2. The van der Waals surface area contributed by atoms with E-state index in [1.54, 1.807) is 0 Å². The van der Waals surface area contributed by atoms with E-state index in [0.717, 1.165) is 32.7 Å². The van der Waals surface area contributed by atoms with Crippen LogP contribution in [-0.2, 0) is 9.53 Å². The highest BCUT2D eigenvalue weighted by atomic mass is 16.5. The number of Topliss-reactive ketones (excluding diaryl/α,β-unsaturated/α-hetero) is 1. The zero-order valence-electron chi connectivity index (χ0n) is 16.8. The number of piperidine rings is 1. The average Bonchev–Trinajstić information content (AvgIpc) is 2.57. The van der Waals surface area contributed by atoms with Crippen molar-refractivity contribution in [1.29, 1.82) is 0 Å². The molecule has 0 radical (unpaired) electrons. The largest absolute Gasteiger partial charge is 0.372 e. The molecule has 4 fully saturated rings. The second-order valence-electron chi connectivity index (χ2n) is 9.60. The Bertz CT molecular complexity index is 442. The summed E-state index contributed by atoms with van der Waals surface area (Å²) in [7, 11) is 0. The molecule has 4 heteroatoms. The van der Waals surface area contributed by atoms with Crippen molar-refractivity contribution < 1.29 is 9.53 Å². The third kappa shape index (κ3) is 4.64. The Kier molecular flexibility index (Phi) is 5.92. The average molecular weight is 351 g/mol. The minimum Gasteiger partial charge on any atom is -0.372 e. The molecule has 3 saturated heterocycles. The number of nitrogens with one attached hydrogen (secondary N) is 1. The SMILES string of the molecule is CC(C)NC12CCC(CN3CCC(CC(=O)C(C)C)CC3)(CC1)OC2. The third-order valence-electron chi connectivity index (χ3n) is 6.72. The van der Waals surface area contributed by atoms with Crippen LogP contribution in [0.1, 0.15) is 72.6 Å². The van der Waals surface area contributed by atoms with Gasteiger partial charge in [0.25, 0.3) is 0 Å². The van der Waals surface area contributed by atoms with Crippen molar-refractivity contribution in [1.82, 2.24) is 10.2 Å². The number of carbonyl (C=O) groups is 1. The van der Waals surface area contributed by atoms with Gasteiger partial charge in [0.15, 0.2) is 0 Å². The van der Waals surface area contributed by atoms with Crippen LogP contribution in [0.25, 0.3) is 0 Å². The zero-order valence-corrected chi connectivity index (χ0v) is 16.8. The Labute approximate surface area is 154 Å². The lowest BCUT2D eigenvalue weighted by Crippen LogP contribution is -2.65. The maximum absolute atomic E-state index is 12.0. The van der Waals surface area contributed by atoms with Crippen LogP contribution in [0.2, 0.25) is 0 Å². The molecule has 0 aromatic rings. The van der Waals surface area contributed by atoms with E-state index in [-0.39, 0.29) is 17.1 Å². The van der Waals surface area contributed by atoms with Crippen LogP contribution >= 0.6 is 0 Å². The Hall–Kier alpha value is -0.450. The van der Waals surface area contributed by atoms with Gasteiger partial charge in [-0.15, -0.1) is 0 Å². The van der Waals surface area contributed by atoms with Crippen LogP contribution in [-0.4, -0.2) is 54.1 Å². The van der Waals surface area contributed by atoms with Gasteiger partial charge in [-0.2, -0.15) is 0 Å². The summed E-state index contributed by atoms with van der Waals surface area (Å²) in [5.74, 6) is 1.23. The Balaban J connectivity index is 1.45. The molecule has 4 nitrogen and oxygen atoms in total. The van der Waals surface area contributed by atoms with Crippen molar-refractivity contribution in [3.05, 3.63) is 0 Å². The molecule has 144 valence electrons. The van der Waals surface area contributed by atoms with Crippen molar-refractivity contribution in [3.8, 4) is 0 Å². The smallest absolute Gasteiger partial charge is 0.135 e. The molecule has 4 rings (SSSR count).